The first-order chi connectivity index (χ1) is 7.22. The van der Waals surface area contributed by atoms with E-state index in [0.717, 1.165) is 24.2 Å². The normalized spacial score (nSPS) is 11.5. The Bertz CT molecular complexity index is 356. The van der Waals surface area contributed by atoms with Crippen LogP contribution >= 0.6 is 0 Å². The van der Waals surface area contributed by atoms with E-state index in [9.17, 15) is 0 Å². The van der Waals surface area contributed by atoms with Crippen LogP contribution in [0.4, 0.5) is 5.69 Å². The molecule has 0 bridgehead atoms. The molecule has 3 N–H and O–H groups in total. The van der Waals surface area contributed by atoms with Gasteiger partial charge >= 0.3 is 0 Å². The zero-order valence-electron chi connectivity index (χ0n) is 9.67. The van der Waals surface area contributed by atoms with Gasteiger partial charge in [0.25, 0.3) is 0 Å². The highest BCUT2D eigenvalue weighted by atomic mass is 15.1. The lowest BCUT2D eigenvalue weighted by atomic mass is 10.0. The minimum Gasteiger partial charge on any atom is -0.385 e. The molecule has 0 radical (unpaired) electrons. The molecule has 1 aromatic carbocycles. The number of rotatable bonds is 4. The lowest BCUT2D eigenvalue weighted by Gasteiger charge is -2.11. The third kappa shape index (κ3) is 2.72. The van der Waals surface area contributed by atoms with Crippen LogP contribution in [-0.4, -0.2) is 12.3 Å². The molecule has 82 valence electrons. The van der Waals surface area contributed by atoms with E-state index < -0.39 is 0 Å². The maximum absolute atomic E-state index is 5.26. The van der Waals surface area contributed by atoms with Crippen LogP contribution in [0.25, 0.3) is 0 Å². The quantitative estimate of drug-likeness (QED) is 0.450. The van der Waals surface area contributed by atoms with E-state index in [0.29, 0.717) is 0 Å². The number of nitrogens with two attached hydrogens (primary N) is 1. The van der Waals surface area contributed by atoms with Gasteiger partial charge in [-0.05, 0) is 43.5 Å². The van der Waals surface area contributed by atoms with E-state index >= 15 is 0 Å². The summed E-state index contributed by atoms with van der Waals surface area (Å²) in [4.78, 5) is 0. The van der Waals surface area contributed by atoms with Crippen LogP contribution in [0, 0.1) is 0 Å². The molecule has 0 aliphatic heterocycles. The first kappa shape index (κ1) is 11.6. The maximum Gasteiger partial charge on any atom is 0.0641 e. The van der Waals surface area contributed by atoms with Crippen molar-refractivity contribution in [2.45, 2.75) is 27.2 Å². The van der Waals surface area contributed by atoms with Crippen molar-refractivity contribution < 1.29 is 0 Å². The van der Waals surface area contributed by atoms with Crippen LogP contribution < -0.4 is 11.2 Å². The number of hydrogen-bond donors (Lipinski definition) is 2. The highest BCUT2D eigenvalue weighted by Gasteiger charge is 2.03. The van der Waals surface area contributed by atoms with Gasteiger partial charge in [0.15, 0.2) is 0 Å². The van der Waals surface area contributed by atoms with Crippen molar-refractivity contribution >= 4 is 11.4 Å². The molecule has 3 heteroatoms. The molecule has 0 atom stereocenters. The molecule has 0 fully saturated rings. The SMILES string of the molecule is CCNc1ccc(/C(C)=N/N)cc1CC. The molecule has 0 aliphatic carbocycles. The lowest BCUT2D eigenvalue weighted by molar-refractivity contribution is 1.11. The summed E-state index contributed by atoms with van der Waals surface area (Å²) >= 11 is 0. The van der Waals surface area contributed by atoms with Crippen molar-refractivity contribution in [3.05, 3.63) is 29.3 Å². The lowest BCUT2D eigenvalue weighted by Crippen LogP contribution is -2.04. The number of nitrogens with one attached hydrogen (secondary N) is 1. The van der Waals surface area contributed by atoms with Crippen LogP contribution in [0.3, 0.4) is 0 Å². The van der Waals surface area contributed by atoms with E-state index in [1.54, 1.807) is 0 Å². The summed E-state index contributed by atoms with van der Waals surface area (Å²) in [5, 5.41) is 7.05. The Morgan fingerprint density at radius 2 is 2.13 bits per heavy atom. The molecule has 15 heavy (non-hydrogen) atoms. The van der Waals surface area contributed by atoms with Gasteiger partial charge in [-0.25, -0.2) is 0 Å². The molecular weight excluding hydrogens is 186 g/mol. The summed E-state index contributed by atoms with van der Waals surface area (Å²) in [7, 11) is 0. The minimum absolute atomic E-state index is 0.868. The average molecular weight is 205 g/mol. The first-order valence-corrected chi connectivity index (χ1v) is 5.34. The van der Waals surface area contributed by atoms with Crippen LogP contribution in [0.2, 0.25) is 0 Å². The molecule has 0 saturated carbocycles. The molecule has 0 spiro atoms. The summed E-state index contributed by atoms with van der Waals surface area (Å²) in [5.41, 5.74) is 4.47. The van der Waals surface area contributed by atoms with Gasteiger partial charge in [0.1, 0.15) is 0 Å². The van der Waals surface area contributed by atoms with Gasteiger partial charge in [-0.15, -0.1) is 0 Å². The number of benzene rings is 1. The number of anilines is 1. The van der Waals surface area contributed by atoms with Crippen LogP contribution in [0.5, 0.6) is 0 Å². The highest BCUT2D eigenvalue weighted by Crippen LogP contribution is 2.18. The van der Waals surface area contributed by atoms with Gasteiger partial charge in [-0.2, -0.15) is 5.10 Å². The largest absolute Gasteiger partial charge is 0.385 e. The predicted octanol–water partition coefficient (Wildman–Crippen LogP) is 2.36. The van der Waals surface area contributed by atoms with Crippen LogP contribution in [0.15, 0.2) is 23.3 Å². The Kier molecular flexibility index (Phi) is 4.16. The average Bonchev–Trinajstić information content (AvgIpc) is 2.29. The number of aryl methyl sites for hydroxylation is 1. The van der Waals surface area contributed by atoms with Crippen molar-refractivity contribution in [1.29, 1.82) is 0 Å². The van der Waals surface area contributed by atoms with Crippen molar-refractivity contribution in [3.8, 4) is 0 Å². The van der Waals surface area contributed by atoms with Crippen LogP contribution in [-0.2, 0) is 6.42 Å². The molecule has 0 unspecified atom stereocenters. The van der Waals surface area contributed by atoms with E-state index in [1.165, 1.54) is 11.3 Å². The molecular formula is C12H19N3. The second-order valence-electron chi connectivity index (χ2n) is 3.47. The fraction of sp³-hybridized carbons (Fsp3) is 0.417. The Labute approximate surface area is 91.4 Å². The van der Waals surface area contributed by atoms with Gasteiger partial charge in [0.05, 0.1) is 5.71 Å². The first-order valence-electron chi connectivity index (χ1n) is 5.34. The zero-order valence-corrected chi connectivity index (χ0v) is 9.67. The minimum atomic E-state index is 0.868. The van der Waals surface area contributed by atoms with Crippen molar-refractivity contribution in [3.63, 3.8) is 0 Å². The Morgan fingerprint density at radius 3 is 2.67 bits per heavy atom. The van der Waals surface area contributed by atoms with Crippen molar-refractivity contribution in [1.82, 2.24) is 0 Å². The molecule has 0 aromatic heterocycles. The number of hydrazone groups is 1. The second kappa shape index (κ2) is 5.39. The Balaban J connectivity index is 3.07. The standard InChI is InChI=1S/C12H19N3/c1-4-10-8-11(9(3)15-13)6-7-12(10)14-5-2/h6-8,14H,4-5,13H2,1-3H3/b15-9+. The summed E-state index contributed by atoms with van der Waals surface area (Å²) in [6.07, 6.45) is 1.01. The fourth-order valence-corrected chi connectivity index (χ4v) is 1.55. The smallest absolute Gasteiger partial charge is 0.0641 e. The van der Waals surface area contributed by atoms with E-state index in [4.69, 9.17) is 5.84 Å². The second-order valence-corrected chi connectivity index (χ2v) is 3.47. The van der Waals surface area contributed by atoms with Crippen molar-refractivity contribution in [2.75, 3.05) is 11.9 Å². The third-order valence-corrected chi connectivity index (χ3v) is 2.46. The van der Waals surface area contributed by atoms with E-state index in [-0.39, 0.29) is 0 Å². The van der Waals surface area contributed by atoms with Gasteiger partial charge < -0.3 is 11.2 Å². The topological polar surface area (TPSA) is 50.4 Å². The Hall–Kier alpha value is -1.51. The molecule has 0 aliphatic rings. The maximum atomic E-state index is 5.26. The predicted molar refractivity (Wildman–Crippen MR) is 66.4 cm³/mol. The molecule has 1 rings (SSSR count). The molecule has 0 heterocycles. The Morgan fingerprint density at radius 1 is 1.40 bits per heavy atom. The van der Waals surface area contributed by atoms with Gasteiger partial charge in [0.2, 0.25) is 0 Å². The number of hydrogen-bond acceptors (Lipinski definition) is 3. The van der Waals surface area contributed by atoms with E-state index in [2.05, 4.69) is 36.4 Å². The summed E-state index contributed by atoms with van der Waals surface area (Å²) in [6.45, 7) is 7.10. The summed E-state index contributed by atoms with van der Waals surface area (Å²) in [6, 6.07) is 6.28. The van der Waals surface area contributed by atoms with E-state index in [1.807, 2.05) is 13.0 Å². The highest BCUT2D eigenvalue weighted by molar-refractivity contribution is 5.99. The van der Waals surface area contributed by atoms with Crippen LogP contribution in [0.1, 0.15) is 31.9 Å². The van der Waals surface area contributed by atoms with Crippen molar-refractivity contribution in [2.24, 2.45) is 10.9 Å². The van der Waals surface area contributed by atoms with Gasteiger partial charge in [-0.1, -0.05) is 13.0 Å². The summed E-state index contributed by atoms with van der Waals surface area (Å²) < 4.78 is 0. The third-order valence-electron chi connectivity index (χ3n) is 2.46. The van der Waals surface area contributed by atoms with Gasteiger partial charge in [-0.3, -0.25) is 0 Å². The zero-order chi connectivity index (χ0) is 11.3. The summed E-state index contributed by atoms with van der Waals surface area (Å²) in [5.74, 6) is 5.26. The molecule has 0 saturated heterocycles. The monoisotopic (exact) mass is 205 g/mol. The fourth-order valence-electron chi connectivity index (χ4n) is 1.55. The molecule has 0 amide bonds. The number of nitrogens with zero attached hydrogens (tertiary/aromatic N) is 1. The molecule has 1 aromatic rings. The van der Waals surface area contributed by atoms with Gasteiger partial charge in [0, 0.05) is 12.2 Å². The molecule has 3 nitrogen and oxygen atoms in total.